The molecule has 0 aromatic heterocycles. The maximum absolute atomic E-state index is 11.4. The molecule has 14 heavy (non-hydrogen) atoms. The summed E-state index contributed by atoms with van der Waals surface area (Å²) < 4.78 is 0. The molecule has 1 heterocycles. The molecule has 0 radical (unpaired) electrons. The monoisotopic (exact) mass is 210 g/mol. The van der Waals surface area contributed by atoms with Crippen LogP contribution in [0, 0.1) is 0 Å². The highest BCUT2D eigenvalue weighted by molar-refractivity contribution is 6.34. The number of hydrogen-bond acceptors (Lipinski definition) is 2. The van der Waals surface area contributed by atoms with Crippen LogP contribution in [0.4, 0.5) is 11.4 Å². The van der Waals surface area contributed by atoms with Crippen LogP contribution in [0.5, 0.6) is 0 Å². The van der Waals surface area contributed by atoms with Crippen molar-refractivity contribution in [2.24, 2.45) is 0 Å². The molecule has 0 saturated heterocycles. The number of fused-ring (bicyclic) bond motifs is 1. The second kappa shape index (κ2) is 3.50. The molecular weight excluding hydrogens is 200 g/mol. The molecule has 1 aromatic rings. The molecule has 2 N–H and O–H groups in total. The van der Waals surface area contributed by atoms with Crippen molar-refractivity contribution in [3.8, 4) is 0 Å². The number of rotatable bonds is 0. The van der Waals surface area contributed by atoms with Crippen LogP contribution in [0.15, 0.2) is 18.2 Å². The number of carbonyl (C=O) groups excluding carboxylic acids is 1. The topological polar surface area (TPSA) is 41.1 Å². The van der Waals surface area contributed by atoms with Gasteiger partial charge in [-0.25, -0.2) is 0 Å². The van der Waals surface area contributed by atoms with E-state index in [-0.39, 0.29) is 11.9 Å². The normalized spacial score (nSPS) is 20.4. The molecule has 0 aliphatic carbocycles. The highest BCUT2D eigenvalue weighted by Crippen LogP contribution is 2.32. The number of anilines is 2. The summed E-state index contributed by atoms with van der Waals surface area (Å²) in [6, 6.07) is 5.57. The summed E-state index contributed by atoms with van der Waals surface area (Å²) in [6.45, 7) is 1.96. The zero-order chi connectivity index (χ0) is 10.1. The molecule has 0 spiro atoms. The minimum Gasteiger partial charge on any atom is -0.379 e. The SMILES string of the molecule is CC1CC(=O)Nc2cccc(Cl)c2N1. The zero-order valence-electron chi connectivity index (χ0n) is 7.80. The molecule has 2 rings (SSSR count). The number of para-hydroxylation sites is 1. The van der Waals surface area contributed by atoms with Gasteiger partial charge in [0.2, 0.25) is 5.91 Å². The molecule has 1 aromatic carbocycles. The van der Waals surface area contributed by atoms with E-state index in [0.717, 1.165) is 11.4 Å². The number of benzene rings is 1. The molecule has 0 fully saturated rings. The molecule has 3 nitrogen and oxygen atoms in total. The van der Waals surface area contributed by atoms with E-state index < -0.39 is 0 Å². The maximum Gasteiger partial charge on any atom is 0.226 e. The molecule has 0 bridgehead atoms. The predicted molar refractivity (Wildman–Crippen MR) is 57.8 cm³/mol. The van der Waals surface area contributed by atoms with Crippen LogP contribution in [-0.2, 0) is 4.79 Å². The summed E-state index contributed by atoms with van der Waals surface area (Å²) in [5.41, 5.74) is 1.57. The summed E-state index contributed by atoms with van der Waals surface area (Å²) in [5.74, 6) is 0.0195. The number of amides is 1. The Kier molecular flexibility index (Phi) is 2.33. The molecule has 74 valence electrons. The number of carbonyl (C=O) groups is 1. The Bertz CT molecular complexity index is 378. The third kappa shape index (κ3) is 1.68. The van der Waals surface area contributed by atoms with Crippen LogP contribution in [0.25, 0.3) is 0 Å². The van der Waals surface area contributed by atoms with Crippen molar-refractivity contribution >= 4 is 28.9 Å². The van der Waals surface area contributed by atoms with Crippen molar-refractivity contribution in [1.82, 2.24) is 0 Å². The number of halogens is 1. The minimum absolute atomic E-state index is 0.0195. The van der Waals surface area contributed by atoms with Crippen molar-refractivity contribution in [3.05, 3.63) is 23.2 Å². The van der Waals surface area contributed by atoms with Gasteiger partial charge in [0.25, 0.3) is 0 Å². The highest BCUT2D eigenvalue weighted by Gasteiger charge is 2.18. The van der Waals surface area contributed by atoms with Crippen LogP contribution in [-0.4, -0.2) is 11.9 Å². The van der Waals surface area contributed by atoms with Gasteiger partial charge >= 0.3 is 0 Å². The average Bonchev–Trinajstić information content (AvgIpc) is 2.23. The molecule has 1 atom stereocenters. The number of hydrogen-bond donors (Lipinski definition) is 2. The molecule has 1 aliphatic heterocycles. The highest BCUT2D eigenvalue weighted by atomic mass is 35.5. The second-order valence-electron chi connectivity index (χ2n) is 3.46. The smallest absolute Gasteiger partial charge is 0.226 e. The van der Waals surface area contributed by atoms with Gasteiger partial charge in [0.1, 0.15) is 0 Å². The van der Waals surface area contributed by atoms with E-state index in [1.54, 1.807) is 6.07 Å². The Hall–Kier alpha value is -1.22. The predicted octanol–water partition coefficient (Wildman–Crippen LogP) is 2.48. The first-order valence-corrected chi connectivity index (χ1v) is 4.89. The van der Waals surface area contributed by atoms with Crippen LogP contribution in [0.2, 0.25) is 5.02 Å². The van der Waals surface area contributed by atoms with Gasteiger partial charge in [0.05, 0.1) is 16.4 Å². The molecule has 1 aliphatic rings. The first-order chi connectivity index (χ1) is 6.66. The van der Waals surface area contributed by atoms with E-state index >= 15 is 0 Å². The standard InChI is InChI=1S/C10H11ClN2O/c1-6-5-9(14)13-8-4-2-3-7(11)10(8)12-6/h2-4,6,12H,5H2,1H3,(H,13,14). The zero-order valence-corrected chi connectivity index (χ0v) is 8.56. The number of nitrogens with one attached hydrogen (secondary N) is 2. The third-order valence-electron chi connectivity index (χ3n) is 2.17. The fraction of sp³-hybridized carbons (Fsp3) is 0.300. The Morgan fingerprint density at radius 3 is 3.07 bits per heavy atom. The first kappa shape index (κ1) is 9.34. The quantitative estimate of drug-likeness (QED) is 0.691. The molecule has 1 amide bonds. The Labute approximate surface area is 87.4 Å². The van der Waals surface area contributed by atoms with Gasteiger partial charge in [-0.05, 0) is 19.1 Å². The van der Waals surface area contributed by atoms with E-state index in [1.165, 1.54) is 0 Å². The van der Waals surface area contributed by atoms with Gasteiger partial charge in [-0.1, -0.05) is 17.7 Å². The lowest BCUT2D eigenvalue weighted by atomic mass is 10.2. The summed E-state index contributed by atoms with van der Waals surface area (Å²) in [4.78, 5) is 11.4. The first-order valence-electron chi connectivity index (χ1n) is 4.51. The van der Waals surface area contributed by atoms with Crippen molar-refractivity contribution in [3.63, 3.8) is 0 Å². The van der Waals surface area contributed by atoms with Gasteiger partial charge in [-0.2, -0.15) is 0 Å². The van der Waals surface area contributed by atoms with Crippen LogP contribution in [0.3, 0.4) is 0 Å². The maximum atomic E-state index is 11.4. The fourth-order valence-corrected chi connectivity index (χ4v) is 1.78. The molecule has 0 saturated carbocycles. The van der Waals surface area contributed by atoms with E-state index in [2.05, 4.69) is 10.6 Å². The van der Waals surface area contributed by atoms with Crippen molar-refractivity contribution < 1.29 is 4.79 Å². The summed E-state index contributed by atoms with van der Waals surface area (Å²) >= 11 is 6.01. The lowest BCUT2D eigenvalue weighted by Gasteiger charge is -2.12. The van der Waals surface area contributed by atoms with Crippen molar-refractivity contribution in [2.45, 2.75) is 19.4 Å². The fourth-order valence-electron chi connectivity index (χ4n) is 1.55. The van der Waals surface area contributed by atoms with Crippen LogP contribution < -0.4 is 10.6 Å². The Balaban J connectivity index is 2.46. The summed E-state index contributed by atoms with van der Waals surface area (Å²) in [5, 5.41) is 6.65. The minimum atomic E-state index is 0.0195. The van der Waals surface area contributed by atoms with Crippen molar-refractivity contribution in [2.75, 3.05) is 10.6 Å². The second-order valence-corrected chi connectivity index (χ2v) is 3.87. The Morgan fingerprint density at radius 1 is 1.50 bits per heavy atom. The van der Waals surface area contributed by atoms with E-state index in [9.17, 15) is 4.79 Å². The van der Waals surface area contributed by atoms with Gasteiger partial charge in [0, 0.05) is 12.5 Å². The van der Waals surface area contributed by atoms with Gasteiger partial charge in [0.15, 0.2) is 0 Å². The van der Waals surface area contributed by atoms with Gasteiger partial charge in [-0.3, -0.25) is 4.79 Å². The lowest BCUT2D eigenvalue weighted by molar-refractivity contribution is -0.116. The third-order valence-corrected chi connectivity index (χ3v) is 2.48. The van der Waals surface area contributed by atoms with Crippen LogP contribution >= 0.6 is 11.6 Å². The summed E-state index contributed by atoms with van der Waals surface area (Å²) in [7, 11) is 0. The molecular formula is C10H11ClN2O. The average molecular weight is 211 g/mol. The van der Waals surface area contributed by atoms with E-state index in [4.69, 9.17) is 11.6 Å². The van der Waals surface area contributed by atoms with Gasteiger partial charge in [-0.15, -0.1) is 0 Å². The lowest BCUT2D eigenvalue weighted by Crippen LogP contribution is -2.18. The molecule has 1 unspecified atom stereocenters. The van der Waals surface area contributed by atoms with E-state index in [0.29, 0.717) is 11.4 Å². The largest absolute Gasteiger partial charge is 0.379 e. The van der Waals surface area contributed by atoms with Crippen LogP contribution in [0.1, 0.15) is 13.3 Å². The van der Waals surface area contributed by atoms with E-state index in [1.807, 2.05) is 19.1 Å². The Morgan fingerprint density at radius 2 is 2.29 bits per heavy atom. The molecule has 4 heteroatoms. The van der Waals surface area contributed by atoms with Crippen molar-refractivity contribution in [1.29, 1.82) is 0 Å². The van der Waals surface area contributed by atoms with Gasteiger partial charge < -0.3 is 10.6 Å². The summed E-state index contributed by atoms with van der Waals surface area (Å²) in [6.07, 6.45) is 0.463.